The van der Waals surface area contributed by atoms with Gasteiger partial charge < -0.3 is 4.90 Å². The van der Waals surface area contributed by atoms with Gasteiger partial charge in [0.2, 0.25) is 0 Å². The van der Waals surface area contributed by atoms with Crippen molar-refractivity contribution in [2.24, 2.45) is 5.92 Å². The molecule has 21 heavy (non-hydrogen) atoms. The second kappa shape index (κ2) is 6.02. The second-order valence-corrected chi connectivity index (χ2v) is 6.38. The Balaban J connectivity index is 1.75. The Morgan fingerprint density at radius 3 is 2.67 bits per heavy atom. The van der Waals surface area contributed by atoms with E-state index in [9.17, 15) is 4.79 Å². The number of alkyl halides is 1. The fourth-order valence-corrected chi connectivity index (χ4v) is 3.16. The lowest BCUT2D eigenvalue weighted by Crippen LogP contribution is -2.40. The minimum Gasteiger partial charge on any atom is -0.337 e. The molecule has 110 valence electrons. The summed E-state index contributed by atoms with van der Waals surface area (Å²) in [5.41, 5.74) is 1.40. The van der Waals surface area contributed by atoms with E-state index in [4.69, 9.17) is 11.6 Å². The van der Waals surface area contributed by atoms with E-state index in [1.54, 1.807) is 0 Å². The summed E-state index contributed by atoms with van der Waals surface area (Å²) in [5.74, 6) is 0.543. The number of carbonyl (C=O) groups is 1. The number of benzene rings is 1. The Bertz CT molecular complexity index is 648. The van der Waals surface area contributed by atoms with Crippen LogP contribution in [0, 0.1) is 5.92 Å². The second-order valence-electron chi connectivity index (χ2n) is 5.70. The smallest absolute Gasteiger partial charge is 0.272 e. The fraction of sp³-hybridized carbons (Fsp3) is 0.412. The van der Waals surface area contributed by atoms with E-state index in [1.807, 2.05) is 48.2 Å². The van der Waals surface area contributed by atoms with Crippen LogP contribution < -0.4 is 0 Å². The summed E-state index contributed by atoms with van der Waals surface area (Å²) < 4.78 is 0. The van der Waals surface area contributed by atoms with Crippen LogP contribution >= 0.6 is 11.6 Å². The highest BCUT2D eigenvalue weighted by molar-refractivity contribution is 6.20. The fourth-order valence-electron chi connectivity index (χ4n) is 2.91. The number of likely N-dealkylation sites (tertiary alicyclic amines) is 1. The molecule has 1 saturated heterocycles. The van der Waals surface area contributed by atoms with E-state index in [-0.39, 0.29) is 11.3 Å². The minimum absolute atomic E-state index is 0.0291. The molecule has 2 aromatic rings. The first-order chi connectivity index (χ1) is 10.1. The zero-order valence-electron chi connectivity index (χ0n) is 12.1. The van der Waals surface area contributed by atoms with Crippen molar-refractivity contribution in [1.82, 2.24) is 9.88 Å². The third kappa shape index (κ3) is 3.03. The van der Waals surface area contributed by atoms with Crippen LogP contribution in [0.3, 0.4) is 0 Å². The van der Waals surface area contributed by atoms with Crippen molar-refractivity contribution in [3.05, 3.63) is 42.1 Å². The van der Waals surface area contributed by atoms with Crippen LogP contribution in [0.1, 0.15) is 30.3 Å². The number of nitrogens with zero attached hydrogens (tertiary/aromatic N) is 2. The molecule has 0 saturated carbocycles. The van der Waals surface area contributed by atoms with Gasteiger partial charge in [0, 0.05) is 23.9 Å². The van der Waals surface area contributed by atoms with Crippen LogP contribution in [-0.4, -0.2) is 34.3 Å². The normalized spacial score (nSPS) is 17.9. The van der Waals surface area contributed by atoms with E-state index in [2.05, 4.69) is 4.98 Å². The Hall–Kier alpha value is -1.61. The lowest BCUT2D eigenvalue weighted by molar-refractivity contribution is 0.0684. The van der Waals surface area contributed by atoms with Gasteiger partial charge in [-0.1, -0.05) is 24.3 Å². The molecule has 1 amide bonds. The molecule has 1 aliphatic rings. The van der Waals surface area contributed by atoms with Crippen molar-refractivity contribution in [3.8, 4) is 0 Å². The third-order valence-corrected chi connectivity index (χ3v) is 4.65. The molecule has 1 fully saturated rings. The van der Waals surface area contributed by atoms with Crippen molar-refractivity contribution in [2.45, 2.75) is 25.1 Å². The number of hydrogen-bond acceptors (Lipinski definition) is 2. The van der Waals surface area contributed by atoms with Gasteiger partial charge in [-0.15, -0.1) is 11.6 Å². The molecule has 2 heterocycles. The van der Waals surface area contributed by atoms with Crippen LogP contribution in [0.25, 0.3) is 10.9 Å². The van der Waals surface area contributed by atoms with E-state index >= 15 is 0 Å². The van der Waals surface area contributed by atoms with Crippen molar-refractivity contribution >= 4 is 28.4 Å². The molecule has 1 atom stereocenters. The molecule has 1 unspecified atom stereocenters. The van der Waals surface area contributed by atoms with Gasteiger partial charge in [-0.05, 0) is 37.8 Å². The number of fused-ring (bicyclic) bond motifs is 1. The summed E-state index contributed by atoms with van der Waals surface area (Å²) in [5, 5.41) is 1.24. The first-order valence-electron chi connectivity index (χ1n) is 7.44. The van der Waals surface area contributed by atoms with Crippen LogP contribution in [0.5, 0.6) is 0 Å². The number of pyridine rings is 1. The van der Waals surface area contributed by atoms with Crippen LogP contribution in [0.2, 0.25) is 0 Å². The van der Waals surface area contributed by atoms with Gasteiger partial charge in [0.05, 0.1) is 5.52 Å². The van der Waals surface area contributed by atoms with Crippen molar-refractivity contribution in [1.29, 1.82) is 0 Å². The Labute approximate surface area is 129 Å². The van der Waals surface area contributed by atoms with Gasteiger partial charge in [0.1, 0.15) is 5.69 Å². The molecule has 1 aromatic heterocycles. The van der Waals surface area contributed by atoms with Gasteiger partial charge >= 0.3 is 0 Å². The molecule has 1 aliphatic heterocycles. The van der Waals surface area contributed by atoms with Gasteiger partial charge in [0.15, 0.2) is 0 Å². The molecular weight excluding hydrogens is 284 g/mol. The van der Waals surface area contributed by atoms with E-state index in [1.165, 1.54) is 0 Å². The topological polar surface area (TPSA) is 33.2 Å². The monoisotopic (exact) mass is 302 g/mol. The molecule has 0 bridgehead atoms. The first-order valence-corrected chi connectivity index (χ1v) is 7.88. The standard InChI is InChI=1S/C17H19ClN2O/c1-12(18)13-8-10-20(11-9-13)17(21)16-7-6-14-4-2-3-5-15(14)19-16/h2-7,12-13H,8-11H2,1H3. The highest BCUT2D eigenvalue weighted by Gasteiger charge is 2.26. The summed E-state index contributed by atoms with van der Waals surface area (Å²) >= 11 is 6.15. The molecule has 4 heteroatoms. The first kappa shape index (κ1) is 14.3. The minimum atomic E-state index is 0.0291. The van der Waals surface area contributed by atoms with Crippen molar-refractivity contribution in [3.63, 3.8) is 0 Å². The summed E-state index contributed by atoms with van der Waals surface area (Å²) in [6.07, 6.45) is 1.95. The van der Waals surface area contributed by atoms with Crippen LogP contribution in [0.4, 0.5) is 0 Å². The highest BCUT2D eigenvalue weighted by Crippen LogP contribution is 2.24. The van der Waals surface area contributed by atoms with Gasteiger partial charge in [-0.2, -0.15) is 0 Å². The predicted octanol–water partition coefficient (Wildman–Crippen LogP) is 3.71. The maximum atomic E-state index is 12.6. The number of amides is 1. The van der Waals surface area contributed by atoms with E-state index in [0.717, 1.165) is 36.8 Å². The molecular formula is C17H19ClN2O. The lowest BCUT2D eigenvalue weighted by Gasteiger charge is -2.33. The van der Waals surface area contributed by atoms with E-state index in [0.29, 0.717) is 11.6 Å². The zero-order chi connectivity index (χ0) is 14.8. The molecule has 0 N–H and O–H groups in total. The molecule has 3 nitrogen and oxygen atoms in total. The molecule has 0 radical (unpaired) electrons. The van der Waals surface area contributed by atoms with Crippen molar-refractivity contribution in [2.75, 3.05) is 13.1 Å². The Morgan fingerprint density at radius 1 is 1.24 bits per heavy atom. The maximum Gasteiger partial charge on any atom is 0.272 e. The average Bonchev–Trinajstić information content (AvgIpc) is 2.54. The van der Waals surface area contributed by atoms with Crippen molar-refractivity contribution < 1.29 is 4.79 Å². The average molecular weight is 303 g/mol. The number of aromatic nitrogens is 1. The number of piperidine rings is 1. The zero-order valence-corrected chi connectivity index (χ0v) is 12.9. The van der Waals surface area contributed by atoms with Gasteiger partial charge in [0.25, 0.3) is 5.91 Å². The molecule has 1 aromatic carbocycles. The lowest BCUT2D eigenvalue weighted by atomic mass is 9.94. The summed E-state index contributed by atoms with van der Waals surface area (Å²) in [4.78, 5) is 18.9. The number of halogens is 1. The predicted molar refractivity (Wildman–Crippen MR) is 85.7 cm³/mol. The Morgan fingerprint density at radius 2 is 1.95 bits per heavy atom. The third-order valence-electron chi connectivity index (χ3n) is 4.29. The summed E-state index contributed by atoms with van der Waals surface area (Å²) in [7, 11) is 0. The molecule has 0 spiro atoms. The number of rotatable bonds is 2. The summed E-state index contributed by atoms with van der Waals surface area (Å²) in [6, 6.07) is 11.6. The van der Waals surface area contributed by atoms with Gasteiger partial charge in [-0.25, -0.2) is 4.98 Å². The van der Waals surface area contributed by atoms with E-state index < -0.39 is 0 Å². The quantitative estimate of drug-likeness (QED) is 0.792. The number of hydrogen-bond donors (Lipinski definition) is 0. The van der Waals surface area contributed by atoms with Gasteiger partial charge in [-0.3, -0.25) is 4.79 Å². The molecule has 3 rings (SSSR count). The SMILES string of the molecule is CC(Cl)C1CCN(C(=O)c2ccc3ccccc3n2)CC1. The van der Waals surface area contributed by atoms with Crippen LogP contribution in [-0.2, 0) is 0 Å². The maximum absolute atomic E-state index is 12.6. The highest BCUT2D eigenvalue weighted by atomic mass is 35.5. The Kier molecular flexibility index (Phi) is 4.11. The van der Waals surface area contributed by atoms with Crippen LogP contribution in [0.15, 0.2) is 36.4 Å². The summed E-state index contributed by atoms with van der Waals surface area (Å²) in [6.45, 7) is 3.58. The largest absolute Gasteiger partial charge is 0.337 e. The number of para-hydroxylation sites is 1. The molecule has 0 aliphatic carbocycles. The number of carbonyl (C=O) groups excluding carboxylic acids is 1.